The Hall–Kier alpha value is -2.75. The average molecular weight is 459 g/mol. The lowest BCUT2D eigenvalue weighted by Crippen LogP contribution is -2.42. The molecule has 2 amide bonds. The number of rotatable bonds is 7. The van der Waals surface area contributed by atoms with Gasteiger partial charge in [-0.25, -0.2) is 4.98 Å². The van der Waals surface area contributed by atoms with Gasteiger partial charge in [0.25, 0.3) is 5.56 Å². The third-order valence-electron chi connectivity index (χ3n) is 6.15. The van der Waals surface area contributed by atoms with Crippen LogP contribution in [0, 0.1) is 5.92 Å². The molecule has 2 aliphatic rings. The molecule has 2 aromatic heterocycles. The molecule has 2 aromatic rings. The molecule has 1 fully saturated rings. The van der Waals surface area contributed by atoms with Gasteiger partial charge >= 0.3 is 0 Å². The van der Waals surface area contributed by atoms with Crippen molar-refractivity contribution < 1.29 is 9.59 Å². The Morgan fingerprint density at radius 1 is 1.28 bits per heavy atom. The van der Waals surface area contributed by atoms with Crippen LogP contribution in [0.3, 0.4) is 0 Å². The number of nitrogens with one attached hydrogen (secondary N) is 2. The Balaban J connectivity index is 1.40. The van der Waals surface area contributed by atoms with Crippen molar-refractivity contribution in [3.63, 3.8) is 0 Å². The number of carbonyl (C=O) groups is 2. The lowest BCUT2D eigenvalue weighted by Gasteiger charge is -2.31. The fourth-order valence-corrected chi connectivity index (χ4v) is 5.36. The smallest absolute Gasteiger partial charge is 0.273 e. The van der Waals surface area contributed by atoms with Crippen molar-refractivity contribution >= 4 is 38.6 Å². The molecule has 172 valence electrons. The summed E-state index contributed by atoms with van der Waals surface area (Å²) in [4.78, 5) is 48.2. The molecule has 1 aliphatic heterocycles. The molecule has 0 unspecified atom stereocenters. The van der Waals surface area contributed by atoms with E-state index in [1.165, 1.54) is 40.6 Å². The zero-order chi connectivity index (χ0) is 22.5. The molecule has 1 aliphatic carbocycles. The third-order valence-corrected chi connectivity index (χ3v) is 7.24. The van der Waals surface area contributed by atoms with Crippen LogP contribution in [0.4, 0.5) is 5.13 Å². The summed E-state index contributed by atoms with van der Waals surface area (Å²) in [5, 5.41) is 6.31. The molecular formula is C22H30N6O3S. The van der Waals surface area contributed by atoms with E-state index in [-0.39, 0.29) is 29.8 Å². The van der Waals surface area contributed by atoms with Crippen LogP contribution in [0.2, 0.25) is 0 Å². The molecule has 0 bridgehead atoms. The van der Waals surface area contributed by atoms with Crippen LogP contribution in [-0.4, -0.2) is 53.0 Å². The minimum Gasteiger partial charge on any atom is -0.359 e. The summed E-state index contributed by atoms with van der Waals surface area (Å²) < 4.78 is 1.77. The van der Waals surface area contributed by atoms with E-state index in [1.54, 1.807) is 7.05 Å². The predicted octanol–water partition coefficient (Wildman–Crippen LogP) is 1.82. The van der Waals surface area contributed by atoms with Gasteiger partial charge in [-0.2, -0.15) is 4.98 Å². The Morgan fingerprint density at radius 2 is 2.16 bits per heavy atom. The van der Waals surface area contributed by atoms with E-state index >= 15 is 0 Å². The van der Waals surface area contributed by atoms with E-state index in [0.717, 1.165) is 38.6 Å². The number of piperidine rings is 1. The number of carbonyl (C=O) groups excluding carboxylic acids is 2. The second-order valence-electron chi connectivity index (χ2n) is 8.43. The Kier molecular flexibility index (Phi) is 7.19. The summed E-state index contributed by atoms with van der Waals surface area (Å²) in [5.41, 5.74) is 1.53. The van der Waals surface area contributed by atoms with Gasteiger partial charge in [0.1, 0.15) is 17.6 Å². The lowest BCUT2D eigenvalue weighted by atomic mass is 9.97. The van der Waals surface area contributed by atoms with Crippen molar-refractivity contribution in [2.24, 2.45) is 5.92 Å². The van der Waals surface area contributed by atoms with Gasteiger partial charge in [0.05, 0.1) is 5.92 Å². The summed E-state index contributed by atoms with van der Waals surface area (Å²) in [6.07, 6.45) is 11.0. The monoisotopic (exact) mass is 458 g/mol. The first-order chi connectivity index (χ1) is 15.5. The first-order valence-corrected chi connectivity index (χ1v) is 12.1. The topological polar surface area (TPSA) is 109 Å². The average Bonchev–Trinajstić information content (AvgIpc) is 3.26. The highest BCUT2D eigenvalue weighted by Crippen LogP contribution is 2.29. The fraction of sp³-hybridized carbons (Fsp3) is 0.591. The molecule has 0 radical (unpaired) electrons. The van der Waals surface area contributed by atoms with Crippen LogP contribution < -0.4 is 21.1 Å². The molecule has 1 saturated heterocycles. The second kappa shape index (κ2) is 10.2. The summed E-state index contributed by atoms with van der Waals surface area (Å²) in [5.74, 6) is -0.251. The van der Waals surface area contributed by atoms with Crippen LogP contribution >= 0.6 is 11.3 Å². The van der Waals surface area contributed by atoms with Gasteiger partial charge < -0.3 is 15.5 Å². The van der Waals surface area contributed by atoms with Crippen molar-refractivity contribution in [3.05, 3.63) is 28.3 Å². The Bertz CT molecular complexity index is 1080. The molecule has 0 aromatic carbocycles. The molecule has 2 N–H and O–H groups in total. The number of hydrogen-bond acceptors (Lipinski definition) is 7. The summed E-state index contributed by atoms with van der Waals surface area (Å²) >= 11 is 1.28. The van der Waals surface area contributed by atoms with Crippen LogP contribution in [0.25, 0.3) is 10.3 Å². The SMILES string of the molecule is CNC(=O)[C@@H]1CCCN(c2nc3ncn(CC(=O)NCCC4=CCCCC4)c(=O)c3s2)C1. The number of anilines is 1. The fourth-order valence-electron chi connectivity index (χ4n) is 4.36. The predicted molar refractivity (Wildman–Crippen MR) is 125 cm³/mol. The molecule has 1 atom stereocenters. The first kappa shape index (κ1) is 22.4. The van der Waals surface area contributed by atoms with Gasteiger partial charge in [-0.3, -0.25) is 19.0 Å². The van der Waals surface area contributed by atoms with Crippen molar-refractivity contribution in [2.75, 3.05) is 31.6 Å². The molecule has 10 heteroatoms. The van der Waals surface area contributed by atoms with Crippen molar-refractivity contribution in [2.45, 2.75) is 51.5 Å². The highest BCUT2D eigenvalue weighted by Gasteiger charge is 2.27. The van der Waals surface area contributed by atoms with Crippen molar-refractivity contribution in [3.8, 4) is 0 Å². The number of fused-ring (bicyclic) bond motifs is 1. The maximum Gasteiger partial charge on any atom is 0.273 e. The van der Waals surface area contributed by atoms with Crippen LogP contribution in [0.15, 0.2) is 22.8 Å². The van der Waals surface area contributed by atoms with Crippen molar-refractivity contribution in [1.82, 2.24) is 25.2 Å². The second-order valence-corrected chi connectivity index (χ2v) is 9.41. The van der Waals surface area contributed by atoms with E-state index in [4.69, 9.17) is 0 Å². The molecule has 9 nitrogen and oxygen atoms in total. The summed E-state index contributed by atoms with van der Waals surface area (Å²) in [6, 6.07) is 0. The van der Waals surface area contributed by atoms with E-state index < -0.39 is 0 Å². The number of nitrogens with zero attached hydrogens (tertiary/aromatic N) is 4. The van der Waals surface area contributed by atoms with Crippen LogP contribution in [-0.2, 0) is 16.1 Å². The number of aromatic nitrogens is 3. The van der Waals surface area contributed by atoms with Gasteiger partial charge in [-0.15, -0.1) is 0 Å². The highest BCUT2D eigenvalue weighted by molar-refractivity contribution is 7.22. The Morgan fingerprint density at radius 3 is 2.94 bits per heavy atom. The van der Waals surface area contributed by atoms with Gasteiger partial charge in [-0.1, -0.05) is 23.0 Å². The van der Waals surface area contributed by atoms with Crippen LogP contribution in [0.5, 0.6) is 0 Å². The van der Waals surface area contributed by atoms with E-state index in [0.29, 0.717) is 28.6 Å². The van der Waals surface area contributed by atoms with Gasteiger partial charge in [0.15, 0.2) is 10.8 Å². The first-order valence-electron chi connectivity index (χ1n) is 11.3. The zero-order valence-corrected chi connectivity index (χ0v) is 19.2. The molecule has 4 rings (SSSR count). The number of amides is 2. The quantitative estimate of drug-likeness (QED) is 0.613. The normalized spacial score (nSPS) is 19.0. The Labute approximate surface area is 190 Å². The van der Waals surface area contributed by atoms with Crippen LogP contribution in [0.1, 0.15) is 44.9 Å². The minimum atomic E-state index is -0.260. The number of allylic oxidation sites excluding steroid dienone is 1. The van der Waals surface area contributed by atoms with E-state index in [2.05, 4.69) is 26.7 Å². The van der Waals surface area contributed by atoms with E-state index in [9.17, 15) is 14.4 Å². The van der Waals surface area contributed by atoms with Crippen molar-refractivity contribution in [1.29, 1.82) is 0 Å². The summed E-state index contributed by atoms with van der Waals surface area (Å²) in [7, 11) is 1.65. The lowest BCUT2D eigenvalue weighted by molar-refractivity contribution is -0.124. The number of hydrogen-bond donors (Lipinski definition) is 2. The molecule has 32 heavy (non-hydrogen) atoms. The highest BCUT2D eigenvalue weighted by atomic mass is 32.1. The number of thiazole rings is 1. The maximum absolute atomic E-state index is 12.9. The maximum atomic E-state index is 12.9. The zero-order valence-electron chi connectivity index (χ0n) is 18.4. The minimum absolute atomic E-state index is 0.0297. The van der Waals surface area contributed by atoms with Gasteiger partial charge in [-0.05, 0) is 44.9 Å². The molecule has 3 heterocycles. The third kappa shape index (κ3) is 5.17. The molecule has 0 saturated carbocycles. The largest absolute Gasteiger partial charge is 0.359 e. The van der Waals surface area contributed by atoms with E-state index in [1.807, 2.05) is 4.90 Å². The van der Waals surface area contributed by atoms with Gasteiger partial charge in [0.2, 0.25) is 11.8 Å². The van der Waals surface area contributed by atoms with Gasteiger partial charge in [0, 0.05) is 26.7 Å². The standard InChI is InChI=1S/C22H30N6O3S/c1-23-20(30)16-8-5-11-27(12-16)22-26-19-18(32-22)21(31)28(14-25-19)13-17(29)24-10-9-15-6-3-2-4-7-15/h6,14,16H,2-5,7-13H2,1H3,(H,23,30)(H,24,29)/t16-/m1/s1. The summed E-state index contributed by atoms with van der Waals surface area (Å²) in [6.45, 7) is 1.89. The molecular weight excluding hydrogens is 428 g/mol. The molecule has 0 spiro atoms.